The Kier molecular flexibility index (Phi) is 6.48. The van der Waals surface area contributed by atoms with Crippen LogP contribution in [0.4, 0.5) is 0 Å². The molecule has 3 N–H and O–H groups in total. The second kappa shape index (κ2) is 9.46. The van der Waals surface area contributed by atoms with E-state index in [1.165, 1.54) is 11.8 Å². The third-order valence-corrected chi connectivity index (χ3v) is 6.27. The van der Waals surface area contributed by atoms with Crippen molar-refractivity contribution in [1.29, 1.82) is 0 Å². The molecule has 0 radical (unpaired) electrons. The van der Waals surface area contributed by atoms with E-state index >= 15 is 0 Å². The van der Waals surface area contributed by atoms with Crippen LogP contribution in [0, 0.1) is 0 Å². The lowest BCUT2D eigenvalue weighted by Gasteiger charge is -2.14. The number of hydrogen-bond acceptors (Lipinski definition) is 5. The molecule has 0 fully saturated rings. The van der Waals surface area contributed by atoms with Crippen molar-refractivity contribution >= 4 is 46.1 Å². The Labute approximate surface area is 193 Å². The number of carbonyl (C=O) groups is 2. The Morgan fingerprint density at radius 2 is 1.94 bits per heavy atom. The molecule has 0 aliphatic rings. The van der Waals surface area contributed by atoms with Crippen LogP contribution in [0.2, 0.25) is 5.02 Å². The van der Waals surface area contributed by atoms with Gasteiger partial charge in [0.2, 0.25) is 5.91 Å². The van der Waals surface area contributed by atoms with Crippen LogP contribution in [0.5, 0.6) is 0 Å². The molecule has 4 aromatic rings. The van der Waals surface area contributed by atoms with Crippen molar-refractivity contribution in [3.8, 4) is 11.4 Å². The van der Waals surface area contributed by atoms with Gasteiger partial charge in [-0.2, -0.15) is 0 Å². The quantitative estimate of drug-likeness (QED) is 0.340. The summed E-state index contributed by atoms with van der Waals surface area (Å²) in [5.74, 6) is -0.813. The Morgan fingerprint density at radius 1 is 1.19 bits per heavy atom. The van der Waals surface area contributed by atoms with Gasteiger partial charge in [-0.25, -0.2) is 4.79 Å². The van der Waals surface area contributed by atoms with Gasteiger partial charge in [-0.3, -0.25) is 4.79 Å². The van der Waals surface area contributed by atoms with Crippen LogP contribution in [-0.4, -0.2) is 48.5 Å². The number of hydrogen-bond donors (Lipinski definition) is 3. The summed E-state index contributed by atoms with van der Waals surface area (Å²) in [5.41, 5.74) is 2.61. The van der Waals surface area contributed by atoms with Gasteiger partial charge in [0.1, 0.15) is 6.04 Å². The summed E-state index contributed by atoms with van der Waals surface area (Å²) in [6, 6.07) is 13.8. The number of carbonyl (C=O) groups excluding carboxylic acids is 1. The molecule has 2 aromatic heterocycles. The van der Waals surface area contributed by atoms with Crippen LogP contribution in [0.3, 0.4) is 0 Å². The molecule has 2 aromatic carbocycles. The van der Waals surface area contributed by atoms with E-state index in [2.05, 4.69) is 20.5 Å². The zero-order chi connectivity index (χ0) is 22.7. The fraction of sp³-hybridized carbons (Fsp3) is 0.182. The summed E-state index contributed by atoms with van der Waals surface area (Å²) in [7, 11) is 1.81. The summed E-state index contributed by atoms with van der Waals surface area (Å²) in [4.78, 5) is 27.3. The lowest BCUT2D eigenvalue weighted by Crippen LogP contribution is -2.43. The predicted octanol–water partition coefficient (Wildman–Crippen LogP) is 3.52. The number of thioether (sulfide) groups is 1. The van der Waals surface area contributed by atoms with Crippen molar-refractivity contribution in [3.63, 3.8) is 0 Å². The van der Waals surface area contributed by atoms with Gasteiger partial charge in [0.25, 0.3) is 0 Å². The summed E-state index contributed by atoms with van der Waals surface area (Å²) in [6.07, 6.45) is 1.96. The average molecular weight is 470 g/mol. The second-order valence-electron chi connectivity index (χ2n) is 7.18. The van der Waals surface area contributed by atoms with E-state index in [1.807, 2.05) is 36.4 Å². The Balaban J connectivity index is 1.39. The number of rotatable bonds is 8. The molecule has 4 rings (SSSR count). The zero-order valence-electron chi connectivity index (χ0n) is 17.1. The van der Waals surface area contributed by atoms with E-state index < -0.39 is 17.9 Å². The Morgan fingerprint density at radius 3 is 2.69 bits per heavy atom. The number of halogens is 1. The normalized spacial score (nSPS) is 12.1. The SMILES string of the molecule is Cn1c(SCC(=O)NC(Cc2c[nH]c3ccccc23)C(=O)O)nnc1-c1ccc(Cl)cc1. The smallest absolute Gasteiger partial charge is 0.326 e. The highest BCUT2D eigenvalue weighted by Gasteiger charge is 2.22. The number of H-pyrrole nitrogens is 1. The van der Waals surface area contributed by atoms with Crippen molar-refractivity contribution in [2.45, 2.75) is 17.6 Å². The molecular weight excluding hydrogens is 450 g/mol. The minimum atomic E-state index is -1.09. The largest absolute Gasteiger partial charge is 0.480 e. The predicted molar refractivity (Wildman–Crippen MR) is 124 cm³/mol. The number of carboxylic acids is 1. The van der Waals surface area contributed by atoms with Crippen molar-refractivity contribution < 1.29 is 14.7 Å². The molecule has 0 saturated heterocycles. The Hall–Kier alpha value is -3.30. The van der Waals surface area contributed by atoms with Crippen LogP contribution in [0.1, 0.15) is 5.56 Å². The highest BCUT2D eigenvalue weighted by atomic mass is 35.5. The van der Waals surface area contributed by atoms with Crippen LogP contribution < -0.4 is 5.32 Å². The van der Waals surface area contributed by atoms with Crippen LogP contribution in [0.25, 0.3) is 22.3 Å². The molecule has 0 spiro atoms. The van der Waals surface area contributed by atoms with E-state index in [-0.39, 0.29) is 12.2 Å². The van der Waals surface area contributed by atoms with Gasteiger partial charge < -0.3 is 20.0 Å². The maximum Gasteiger partial charge on any atom is 0.326 e. The summed E-state index contributed by atoms with van der Waals surface area (Å²) in [6.45, 7) is 0. The third-order valence-electron chi connectivity index (χ3n) is 5.00. The number of aromatic amines is 1. The molecular formula is C22H20ClN5O3S. The van der Waals surface area contributed by atoms with Gasteiger partial charge in [-0.1, -0.05) is 41.6 Å². The first-order chi connectivity index (χ1) is 15.4. The van der Waals surface area contributed by atoms with E-state index in [1.54, 1.807) is 29.9 Å². The molecule has 1 unspecified atom stereocenters. The van der Waals surface area contributed by atoms with Gasteiger partial charge in [0, 0.05) is 41.2 Å². The van der Waals surface area contributed by atoms with Gasteiger partial charge in [0.05, 0.1) is 5.75 Å². The molecule has 10 heteroatoms. The number of carboxylic acid groups (broad SMARTS) is 1. The molecule has 1 atom stereocenters. The summed E-state index contributed by atoms with van der Waals surface area (Å²) in [5, 5.41) is 22.6. The van der Waals surface area contributed by atoms with Gasteiger partial charge in [0.15, 0.2) is 11.0 Å². The molecule has 0 aliphatic carbocycles. The number of aromatic nitrogens is 4. The third kappa shape index (κ3) is 4.79. The van der Waals surface area contributed by atoms with Gasteiger partial charge in [-0.15, -0.1) is 10.2 Å². The molecule has 0 bridgehead atoms. The fourth-order valence-electron chi connectivity index (χ4n) is 3.38. The minimum absolute atomic E-state index is 0.0181. The van der Waals surface area contributed by atoms with Gasteiger partial charge in [-0.05, 0) is 35.9 Å². The fourth-order valence-corrected chi connectivity index (χ4v) is 4.23. The van der Waals surface area contributed by atoms with Crippen LogP contribution >= 0.6 is 23.4 Å². The lowest BCUT2D eigenvalue weighted by atomic mass is 10.1. The molecule has 8 nitrogen and oxygen atoms in total. The van der Waals surface area contributed by atoms with E-state index in [0.29, 0.717) is 16.0 Å². The first-order valence-corrected chi connectivity index (χ1v) is 11.1. The minimum Gasteiger partial charge on any atom is -0.480 e. The topological polar surface area (TPSA) is 113 Å². The van der Waals surface area contributed by atoms with E-state index in [0.717, 1.165) is 22.0 Å². The maximum atomic E-state index is 12.5. The second-order valence-corrected chi connectivity index (χ2v) is 8.56. The van der Waals surface area contributed by atoms with Crippen molar-refractivity contribution in [3.05, 3.63) is 65.3 Å². The number of para-hydroxylation sites is 1. The average Bonchev–Trinajstić information content (AvgIpc) is 3.36. The summed E-state index contributed by atoms with van der Waals surface area (Å²) >= 11 is 7.12. The number of benzene rings is 2. The number of aliphatic carboxylic acids is 1. The molecule has 0 aliphatic heterocycles. The first-order valence-electron chi connectivity index (χ1n) is 9.77. The first kappa shape index (κ1) is 21.9. The molecule has 0 saturated carbocycles. The maximum absolute atomic E-state index is 12.5. The number of amides is 1. The van der Waals surface area contributed by atoms with Crippen LogP contribution in [0.15, 0.2) is 59.9 Å². The lowest BCUT2D eigenvalue weighted by molar-refractivity contribution is -0.141. The highest BCUT2D eigenvalue weighted by Crippen LogP contribution is 2.24. The van der Waals surface area contributed by atoms with Crippen molar-refractivity contribution in [2.24, 2.45) is 7.05 Å². The standard InChI is InChI=1S/C22H20ClN5O3S/c1-28-20(13-6-8-15(23)9-7-13)26-27-22(28)32-12-19(29)25-18(21(30)31)10-14-11-24-17-5-3-2-4-16(14)17/h2-9,11,18,24H,10,12H2,1H3,(H,25,29)(H,30,31). The van der Waals surface area contributed by atoms with Crippen LogP contribution in [-0.2, 0) is 23.1 Å². The molecule has 32 heavy (non-hydrogen) atoms. The molecule has 164 valence electrons. The van der Waals surface area contributed by atoms with E-state index in [4.69, 9.17) is 11.6 Å². The highest BCUT2D eigenvalue weighted by molar-refractivity contribution is 7.99. The van der Waals surface area contributed by atoms with E-state index in [9.17, 15) is 14.7 Å². The number of fused-ring (bicyclic) bond motifs is 1. The molecule has 2 heterocycles. The number of nitrogens with zero attached hydrogens (tertiary/aromatic N) is 3. The zero-order valence-corrected chi connectivity index (χ0v) is 18.7. The number of nitrogens with one attached hydrogen (secondary N) is 2. The monoisotopic (exact) mass is 469 g/mol. The van der Waals surface area contributed by atoms with Gasteiger partial charge >= 0.3 is 5.97 Å². The van der Waals surface area contributed by atoms with Crippen molar-refractivity contribution in [2.75, 3.05) is 5.75 Å². The van der Waals surface area contributed by atoms with Crippen molar-refractivity contribution in [1.82, 2.24) is 25.1 Å². The summed E-state index contributed by atoms with van der Waals surface area (Å²) < 4.78 is 1.78. The Bertz CT molecular complexity index is 1270. The molecule has 1 amide bonds.